The lowest BCUT2D eigenvalue weighted by atomic mass is 10.4. The molecule has 0 aromatic rings. The van der Waals surface area contributed by atoms with Crippen molar-refractivity contribution in [2.75, 3.05) is 26.6 Å². The molecule has 0 heterocycles. The van der Waals surface area contributed by atoms with Gasteiger partial charge in [0.15, 0.2) is 0 Å². The van der Waals surface area contributed by atoms with Gasteiger partial charge in [-0.05, 0) is 25.3 Å². The summed E-state index contributed by atoms with van der Waals surface area (Å²) >= 11 is 0. The monoisotopic (exact) mass is 315 g/mol. The van der Waals surface area contributed by atoms with Gasteiger partial charge in [-0.1, -0.05) is 46.6 Å². The van der Waals surface area contributed by atoms with E-state index >= 15 is 0 Å². The molecule has 0 saturated heterocycles. The fraction of sp³-hybridized carbons (Fsp3) is 0.824. The molecule has 0 N–H and O–H groups in total. The summed E-state index contributed by atoms with van der Waals surface area (Å²) in [5, 5.41) is 0. The van der Waals surface area contributed by atoms with E-state index in [-0.39, 0.29) is 12.6 Å². The number of carbonyl (C=O) groups is 1. The minimum Gasteiger partial charge on any atom is -0.361 e. The van der Waals surface area contributed by atoms with Gasteiger partial charge < -0.3 is 14.2 Å². The van der Waals surface area contributed by atoms with E-state index in [1.54, 1.807) is 0 Å². The average molecular weight is 315 g/mol. The number of hydrogen-bond acceptors (Lipinski definition) is 4. The quantitative estimate of drug-likeness (QED) is 0.263. The van der Waals surface area contributed by atoms with Gasteiger partial charge in [-0.2, -0.15) is 0 Å². The van der Waals surface area contributed by atoms with Gasteiger partial charge in [0.25, 0.3) is 5.91 Å². The Bertz CT molecular complexity index is 274. The molecule has 0 aromatic heterocycles. The van der Waals surface area contributed by atoms with Gasteiger partial charge in [0.05, 0.1) is 13.2 Å². The third kappa shape index (κ3) is 9.92. The number of carbonyl (C=O) groups excluding carboxylic acids is 1. The summed E-state index contributed by atoms with van der Waals surface area (Å²) in [6, 6.07) is 0. The van der Waals surface area contributed by atoms with Gasteiger partial charge in [0.1, 0.15) is 6.73 Å². The zero-order valence-electron chi connectivity index (χ0n) is 14.5. The molecule has 0 aliphatic carbocycles. The van der Waals surface area contributed by atoms with Crippen LogP contribution in [0.2, 0.25) is 0 Å². The molecule has 0 aromatic carbocycles. The Kier molecular flexibility index (Phi) is 14.4. The fourth-order valence-electron chi connectivity index (χ4n) is 1.64. The molecule has 22 heavy (non-hydrogen) atoms. The van der Waals surface area contributed by atoms with Crippen LogP contribution in [-0.4, -0.2) is 43.8 Å². The number of hydrogen-bond donors (Lipinski definition) is 0. The fourth-order valence-corrected chi connectivity index (χ4v) is 1.64. The topological polar surface area (TPSA) is 48.0 Å². The van der Waals surface area contributed by atoms with Crippen molar-refractivity contribution in [2.45, 2.75) is 65.7 Å². The molecule has 0 atom stereocenters. The van der Waals surface area contributed by atoms with E-state index in [0.717, 1.165) is 38.5 Å². The second-order valence-electron chi connectivity index (χ2n) is 5.16. The van der Waals surface area contributed by atoms with Gasteiger partial charge in [0.2, 0.25) is 6.41 Å². The van der Waals surface area contributed by atoms with E-state index in [1.807, 2.05) is 0 Å². The van der Waals surface area contributed by atoms with Gasteiger partial charge in [-0.3, -0.25) is 9.69 Å². The Morgan fingerprint density at radius 2 is 1.50 bits per heavy atom. The summed E-state index contributed by atoms with van der Waals surface area (Å²) in [7, 11) is 0. The summed E-state index contributed by atoms with van der Waals surface area (Å²) in [5.41, 5.74) is 0. The molecule has 0 radical (unpaired) electrons. The van der Waals surface area contributed by atoms with Crippen LogP contribution in [0.3, 0.4) is 0 Å². The van der Waals surface area contributed by atoms with Gasteiger partial charge in [0, 0.05) is 6.61 Å². The van der Waals surface area contributed by atoms with Crippen molar-refractivity contribution in [3.8, 4) is 0 Å². The highest BCUT2D eigenvalue weighted by atomic mass is 16.7. The van der Waals surface area contributed by atoms with E-state index in [9.17, 15) is 4.79 Å². The van der Waals surface area contributed by atoms with Gasteiger partial charge in [-0.25, -0.2) is 0 Å². The first-order valence-corrected chi connectivity index (χ1v) is 8.45. The van der Waals surface area contributed by atoms with Crippen LogP contribution >= 0.6 is 0 Å². The normalized spacial score (nSPS) is 10.9. The van der Waals surface area contributed by atoms with E-state index in [2.05, 4.69) is 27.4 Å². The van der Waals surface area contributed by atoms with Crippen LogP contribution in [0, 0.1) is 0 Å². The Balaban J connectivity index is 4.59. The molecule has 1 amide bonds. The van der Waals surface area contributed by atoms with Crippen LogP contribution in [0.1, 0.15) is 59.3 Å². The Morgan fingerprint density at radius 1 is 1.00 bits per heavy atom. The number of ether oxygens (including phenoxy) is 3. The highest BCUT2D eigenvalue weighted by Crippen LogP contribution is 2.09. The van der Waals surface area contributed by atoms with Crippen LogP contribution in [0.25, 0.3) is 0 Å². The predicted molar refractivity (Wildman–Crippen MR) is 88.3 cm³/mol. The smallest absolute Gasteiger partial charge is 0.251 e. The lowest BCUT2D eigenvalue weighted by Crippen LogP contribution is -2.44. The number of amides is 1. The maximum absolute atomic E-state index is 12.1. The first-order valence-electron chi connectivity index (χ1n) is 8.45. The molecule has 130 valence electrons. The maximum Gasteiger partial charge on any atom is 0.251 e. The van der Waals surface area contributed by atoms with E-state index in [1.165, 1.54) is 11.0 Å². The summed E-state index contributed by atoms with van der Waals surface area (Å²) < 4.78 is 17.0. The standard InChI is InChI=1S/C17H33NO4/c1-5-9-12-20-15-18(16(19)8-4)17(21-13-10-6-2)22-14-11-7-3/h8,17H,4-7,9-15H2,1-3H3. The highest BCUT2D eigenvalue weighted by molar-refractivity contribution is 5.86. The lowest BCUT2D eigenvalue weighted by molar-refractivity contribution is -0.237. The minimum absolute atomic E-state index is 0.160. The maximum atomic E-state index is 12.1. The Hall–Kier alpha value is -0.910. The SMILES string of the molecule is C=CC(=O)N(COCCCC)C(OCCCC)OCCCC. The predicted octanol–water partition coefficient (Wildman–Crippen LogP) is 3.69. The molecular weight excluding hydrogens is 282 g/mol. The average Bonchev–Trinajstić information content (AvgIpc) is 2.53. The second-order valence-corrected chi connectivity index (χ2v) is 5.16. The molecule has 5 nitrogen and oxygen atoms in total. The number of rotatable bonds is 15. The van der Waals surface area contributed by atoms with E-state index in [4.69, 9.17) is 14.2 Å². The van der Waals surface area contributed by atoms with Crippen LogP contribution in [0.4, 0.5) is 0 Å². The van der Waals surface area contributed by atoms with E-state index in [0.29, 0.717) is 19.8 Å². The summed E-state index contributed by atoms with van der Waals surface area (Å²) in [5.74, 6) is -0.241. The third-order valence-electron chi connectivity index (χ3n) is 3.10. The van der Waals surface area contributed by atoms with Crippen LogP contribution < -0.4 is 0 Å². The van der Waals surface area contributed by atoms with Gasteiger partial charge in [-0.15, -0.1) is 0 Å². The van der Waals surface area contributed by atoms with Crippen molar-refractivity contribution >= 4 is 5.91 Å². The molecule has 0 aliphatic rings. The van der Waals surface area contributed by atoms with Crippen molar-refractivity contribution < 1.29 is 19.0 Å². The van der Waals surface area contributed by atoms with Crippen molar-refractivity contribution in [1.29, 1.82) is 0 Å². The van der Waals surface area contributed by atoms with Crippen LogP contribution in [0.15, 0.2) is 12.7 Å². The van der Waals surface area contributed by atoms with Crippen LogP contribution in [0.5, 0.6) is 0 Å². The first-order chi connectivity index (χ1) is 10.7. The molecule has 0 fully saturated rings. The highest BCUT2D eigenvalue weighted by Gasteiger charge is 2.23. The third-order valence-corrected chi connectivity index (χ3v) is 3.10. The van der Waals surface area contributed by atoms with Crippen molar-refractivity contribution in [1.82, 2.24) is 4.90 Å². The molecule has 5 heteroatoms. The molecule has 0 aliphatic heterocycles. The minimum atomic E-state index is -0.703. The zero-order chi connectivity index (χ0) is 16.6. The molecule has 0 saturated carbocycles. The Morgan fingerprint density at radius 3 is 1.95 bits per heavy atom. The number of unbranched alkanes of at least 4 members (excludes halogenated alkanes) is 3. The molecule has 0 spiro atoms. The summed E-state index contributed by atoms with van der Waals surface area (Å²) in [6.07, 6.45) is 6.51. The summed E-state index contributed by atoms with van der Waals surface area (Å²) in [4.78, 5) is 13.5. The van der Waals surface area contributed by atoms with Crippen molar-refractivity contribution in [3.05, 3.63) is 12.7 Å². The lowest BCUT2D eigenvalue weighted by Gasteiger charge is -2.30. The molecule has 0 unspecified atom stereocenters. The van der Waals surface area contributed by atoms with E-state index < -0.39 is 6.41 Å². The Labute approximate surface area is 135 Å². The largest absolute Gasteiger partial charge is 0.361 e. The van der Waals surface area contributed by atoms with Crippen LogP contribution in [-0.2, 0) is 19.0 Å². The molecule has 0 rings (SSSR count). The zero-order valence-corrected chi connectivity index (χ0v) is 14.5. The van der Waals surface area contributed by atoms with Gasteiger partial charge >= 0.3 is 0 Å². The molecular formula is C17H33NO4. The number of nitrogens with zero attached hydrogens (tertiary/aromatic N) is 1. The van der Waals surface area contributed by atoms with Crippen molar-refractivity contribution in [3.63, 3.8) is 0 Å². The molecule has 0 bridgehead atoms. The first kappa shape index (κ1) is 21.1. The second kappa shape index (κ2) is 15.0. The van der Waals surface area contributed by atoms with Crippen molar-refractivity contribution in [2.24, 2.45) is 0 Å². The summed E-state index contributed by atoms with van der Waals surface area (Å²) in [6.45, 7) is 11.7.